The molecule has 0 heterocycles. The van der Waals surface area contributed by atoms with Crippen molar-refractivity contribution in [3.8, 4) is 0 Å². The Kier molecular flexibility index (Phi) is 5.23. The summed E-state index contributed by atoms with van der Waals surface area (Å²) in [5.41, 5.74) is 8.21. The first-order chi connectivity index (χ1) is 7.25. The number of nitrogens with two attached hydrogens (primary N) is 1. The van der Waals surface area contributed by atoms with Crippen LogP contribution in [0.1, 0.15) is 57.4 Å². The van der Waals surface area contributed by atoms with Gasteiger partial charge in [-0.3, -0.25) is 0 Å². The first kappa shape index (κ1) is 12.1. The maximum absolute atomic E-state index is 5.95. The number of rotatable bonds is 6. The predicted octanol–water partition coefficient (Wildman–Crippen LogP) is 4.34. The molecule has 0 aromatic heterocycles. The van der Waals surface area contributed by atoms with E-state index in [1.807, 2.05) is 12.1 Å². The van der Waals surface area contributed by atoms with Gasteiger partial charge in [-0.25, -0.2) is 0 Å². The van der Waals surface area contributed by atoms with Gasteiger partial charge < -0.3 is 5.73 Å². The Morgan fingerprint density at radius 3 is 2.53 bits per heavy atom. The Morgan fingerprint density at radius 1 is 1.13 bits per heavy atom. The lowest BCUT2D eigenvalue weighted by molar-refractivity contribution is 0.581. The lowest BCUT2D eigenvalue weighted by atomic mass is 9.93. The van der Waals surface area contributed by atoms with Crippen molar-refractivity contribution in [2.45, 2.75) is 51.9 Å². The van der Waals surface area contributed by atoms with Crippen LogP contribution in [-0.4, -0.2) is 0 Å². The average Bonchev–Trinajstić information content (AvgIpc) is 2.25. The molecule has 1 aromatic carbocycles. The maximum Gasteiger partial charge on any atom is 0.0349 e. The number of hydrogen-bond acceptors (Lipinski definition) is 1. The zero-order chi connectivity index (χ0) is 11.1. The maximum atomic E-state index is 5.95. The highest BCUT2D eigenvalue weighted by atomic mass is 14.6. The number of nitrogen functional groups attached to an aromatic ring is 1. The summed E-state index contributed by atoms with van der Waals surface area (Å²) in [6.45, 7) is 4.52. The van der Waals surface area contributed by atoms with Crippen LogP contribution in [0.25, 0.3) is 0 Å². The van der Waals surface area contributed by atoms with Crippen molar-refractivity contribution in [1.82, 2.24) is 0 Å². The molecule has 1 nitrogen and oxygen atoms in total. The number of unbranched alkanes of at least 4 members (excludes halogenated alkanes) is 3. The molecule has 0 spiro atoms. The van der Waals surface area contributed by atoms with Crippen molar-refractivity contribution < 1.29 is 0 Å². The number of para-hydroxylation sites is 1. The van der Waals surface area contributed by atoms with E-state index in [4.69, 9.17) is 5.73 Å². The van der Waals surface area contributed by atoms with Gasteiger partial charge in [-0.15, -0.1) is 0 Å². The molecule has 0 aliphatic rings. The second-order valence-corrected chi connectivity index (χ2v) is 4.38. The number of hydrogen-bond donors (Lipinski definition) is 1. The molecule has 1 atom stereocenters. The van der Waals surface area contributed by atoms with Gasteiger partial charge in [0.05, 0.1) is 0 Å². The quantitative estimate of drug-likeness (QED) is 0.542. The van der Waals surface area contributed by atoms with Gasteiger partial charge in [0.25, 0.3) is 0 Å². The predicted molar refractivity (Wildman–Crippen MR) is 68.0 cm³/mol. The summed E-state index contributed by atoms with van der Waals surface area (Å²) in [4.78, 5) is 0. The van der Waals surface area contributed by atoms with Crippen molar-refractivity contribution >= 4 is 5.69 Å². The molecule has 0 fully saturated rings. The van der Waals surface area contributed by atoms with E-state index in [1.165, 1.54) is 37.7 Å². The van der Waals surface area contributed by atoms with Crippen molar-refractivity contribution in [1.29, 1.82) is 0 Å². The minimum absolute atomic E-state index is 0.600. The third-order valence-corrected chi connectivity index (χ3v) is 3.02. The lowest BCUT2D eigenvalue weighted by Crippen LogP contribution is -1.99. The molecule has 0 saturated carbocycles. The molecule has 1 unspecified atom stereocenters. The Bertz CT molecular complexity index is 280. The van der Waals surface area contributed by atoms with Crippen LogP contribution in [0.5, 0.6) is 0 Å². The van der Waals surface area contributed by atoms with Gasteiger partial charge in [0.15, 0.2) is 0 Å². The summed E-state index contributed by atoms with van der Waals surface area (Å²) in [5, 5.41) is 0. The van der Waals surface area contributed by atoms with Crippen molar-refractivity contribution in [2.24, 2.45) is 0 Å². The molecule has 0 saturated heterocycles. The molecule has 15 heavy (non-hydrogen) atoms. The molecule has 0 bridgehead atoms. The molecule has 84 valence electrons. The summed E-state index contributed by atoms with van der Waals surface area (Å²) in [5.74, 6) is 0.600. The van der Waals surface area contributed by atoms with Crippen LogP contribution in [0.15, 0.2) is 24.3 Å². The fourth-order valence-electron chi connectivity index (χ4n) is 1.99. The SMILES string of the molecule is CCCCCCC(C)c1ccccc1N. The number of benzene rings is 1. The summed E-state index contributed by atoms with van der Waals surface area (Å²) in [6.07, 6.45) is 6.60. The minimum Gasteiger partial charge on any atom is -0.398 e. The topological polar surface area (TPSA) is 26.0 Å². The van der Waals surface area contributed by atoms with E-state index in [0.29, 0.717) is 5.92 Å². The van der Waals surface area contributed by atoms with Crippen LogP contribution in [0, 0.1) is 0 Å². The van der Waals surface area contributed by atoms with Gasteiger partial charge in [0.1, 0.15) is 0 Å². The Hall–Kier alpha value is -0.980. The van der Waals surface area contributed by atoms with E-state index in [-0.39, 0.29) is 0 Å². The van der Waals surface area contributed by atoms with Crippen LogP contribution in [0.2, 0.25) is 0 Å². The molecule has 1 aromatic rings. The molecule has 0 aliphatic heterocycles. The van der Waals surface area contributed by atoms with Gasteiger partial charge in [-0.05, 0) is 24.0 Å². The normalized spacial score (nSPS) is 12.7. The Labute approximate surface area is 93.7 Å². The van der Waals surface area contributed by atoms with E-state index in [1.54, 1.807) is 0 Å². The van der Waals surface area contributed by atoms with E-state index in [2.05, 4.69) is 26.0 Å². The van der Waals surface area contributed by atoms with Gasteiger partial charge in [0, 0.05) is 5.69 Å². The zero-order valence-electron chi connectivity index (χ0n) is 10.00. The Balaban J connectivity index is 2.40. The van der Waals surface area contributed by atoms with E-state index >= 15 is 0 Å². The molecular formula is C14H23N. The molecule has 0 radical (unpaired) electrons. The highest BCUT2D eigenvalue weighted by Gasteiger charge is 2.07. The first-order valence-corrected chi connectivity index (χ1v) is 6.10. The van der Waals surface area contributed by atoms with Crippen LogP contribution in [0.4, 0.5) is 5.69 Å². The van der Waals surface area contributed by atoms with E-state index < -0.39 is 0 Å². The van der Waals surface area contributed by atoms with Crippen LogP contribution in [0.3, 0.4) is 0 Å². The van der Waals surface area contributed by atoms with E-state index in [9.17, 15) is 0 Å². The zero-order valence-corrected chi connectivity index (χ0v) is 10.00. The summed E-state index contributed by atoms with van der Waals surface area (Å²) < 4.78 is 0. The smallest absolute Gasteiger partial charge is 0.0349 e. The van der Waals surface area contributed by atoms with Crippen molar-refractivity contribution in [3.63, 3.8) is 0 Å². The van der Waals surface area contributed by atoms with Gasteiger partial charge >= 0.3 is 0 Å². The second kappa shape index (κ2) is 6.49. The highest BCUT2D eigenvalue weighted by molar-refractivity contribution is 5.48. The van der Waals surface area contributed by atoms with Gasteiger partial charge in [0.2, 0.25) is 0 Å². The van der Waals surface area contributed by atoms with Crippen molar-refractivity contribution in [2.75, 3.05) is 5.73 Å². The molecule has 2 N–H and O–H groups in total. The Morgan fingerprint density at radius 2 is 1.87 bits per heavy atom. The lowest BCUT2D eigenvalue weighted by Gasteiger charge is -2.13. The third-order valence-electron chi connectivity index (χ3n) is 3.02. The summed E-state index contributed by atoms with van der Waals surface area (Å²) in [6, 6.07) is 8.23. The van der Waals surface area contributed by atoms with Crippen LogP contribution >= 0.6 is 0 Å². The average molecular weight is 205 g/mol. The molecular weight excluding hydrogens is 182 g/mol. The van der Waals surface area contributed by atoms with Crippen LogP contribution < -0.4 is 5.73 Å². The number of anilines is 1. The second-order valence-electron chi connectivity index (χ2n) is 4.38. The van der Waals surface area contributed by atoms with Crippen molar-refractivity contribution in [3.05, 3.63) is 29.8 Å². The third kappa shape index (κ3) is 3.94. The molecule has 0 amide bonds. The molecule has 1 rings (SSSR count). The standard InChI is InChI=1S/C14H23N/c1-3-4-5-6-9-12(2)13-10-7-8-11-14(13)15/h7-8,10-12H,3-6,9,15H2,1-2H3. The highest BCUT2D eigenvalue weighted by Crippen LogP contribution is 2.26. The fraction of sp³-hybridized carbons (Fsp3) is 0.571. The van der Waals surface area contributed by atoms with E-state index in [0.717, 1.165) is 5.69 Å². The van der Waals surface area contributed by atoms with Gasteiger partial charge in [-0.1, -0.05) is 57.7 Å². The fourth-order valence-corrected chi connectivity index (χ4v) is 1.99. The van der Waals surface area contributed by atoms with Gasteiger partial charge in [-0.2, -0.15) is 0 Å². The largest absolute Gasteiger partial charge is 0.398 e. The minimum atomic E-state index is 0.600. The molecule has 0 aliphatic carbocycles. The van der Waals surface area contributed by atoms with Crippen LogP contribution in [-0.2, 0) is 0 Å². The first-order valence-electron chi connectivity index (χ1n) is 6.10. The summed E-state index contributed by atoms with van der Waals surface area (Å²) in [7, 11) is 0. The summed E-state index contributed by atoms with van der Waals surface area (Å²) >= 11 is 0. The monoisotopic (exact) mass is 205 g/mol. The molecule has 1 heteroatoms.